The summed E-state index contributed by atoms with van der Waals surface area (Å²) in [5, 5.41) is 0. The van der Waals surface area contributed by atoms with Crippen LogP contribution in [0.4, 0.5) is 0 Å². The van der Waals surface area contributed by atoms with Crippen molar-refractivity contribution >= 4 is 11.6 Å². The third kappa shape index (κ3) is 2.31. The Morgan fingerprint density at radius 2 is 1.05 bits per heavy atom. The van der Waals surface area contributed by atoms with Gasteiger partial charge in [0, 0.05) is 23.0 Å². The predicted octanol–water partition coefficient (Wildman–Crippen LogP) is 4.02. The minimum atomic E-state index is -0.264. The van der Waals surface area contributed by atoms with Gasteiger partial charge in [-0.2, -0.15) is 0 Å². The average molecular weight is 278 g/mol. The van der Waals surface area contributed by atoms with Gasteiger partial charge in [-0.15, -0.1) is 0 Å². The first-order chi connectivity index (χ1) is 10.0. The Balaban J connectivity index is 1.86. The Kier molecular flexibility index (Phi) is 3.25. The normalized spacial score (nSPS) is 22.6. The summed E-state index contributed by atoms with van der Waals surface area (Å²) < 4.78 is 0. The lowest BCUT2D eigenvalue weighted by Crippen LogP contribution is -2.09. The van der Waals surface area contributed by atoms with Crippen LogP contribution in [-0.2, 0) is 0 Å². The minimum absolute atomic E-state index is 0.0786. The molecule has 2 aromatic carbocycles. The molecule has 1 saturated carbocycles. The molecule has 0 saturated heterocycles. The van der Waals surface area contributed by atoms with Crippen LogP contribution in [0.1, 0.15) is 34.6 Å². The third-order valence-electron chi connectivity index (χ3n) is 4.51. The molecule has 1 aliphatic carbocycles. The van der Waals surface area contributed by atoms with Crippen LogP contribution >= 0.6 is 0 Å². The molecule has 3 rings (SSSR count). The smallest absolute Gasteiger partial charge is 0.167 e. The Bertz CT molecular complexity index is 612. The van der Waals surface area contributed by atoms with Gasteiger partial charge < -0.3 is 0 Å². The highest BCUT2D eigenvalue weighted by atomic mass is 16.1. The van der Waals surface area contributed by atoms with Crippen molar-refractivity contribution in [3.05, 3.63) is 71.8 Å². The SMILES string of the molecule is CC1(C)[C@H](C(=O)c2ccccc2)[C@H]1C(=O)c1ccccc1. The number of Topliss-reactive ketones (excluding diaryl/α,β-unsaturated/α-hetero) is 2. The van der Waals surface area contributed by atoms with Crippen LogP contribution in [0.15, 0.2) is 60.7 Å². The van der Waals surface area contributed by atoms with Gasteiger partial charge in [0.05, 0.1) is 0 Å². The summed E-state index contributed by atoms with van der Waals surface area (Å²) in [6.07, 6.45) is 0. The molecule has 0 aromatic heterocycles. The van der Waals surface area contributed by atoms with E-state index in [2.05, 4.69) is 0 Å². The lowest BCUT2D eigenvalue weighted by Gasteiger charge is -2.01. The maximum atomic E-state index is 12.6. The summed E-state index contributed by atoms with van der Waals surface area (Å²) in [5.74, 6) is -0.273. The van der Waals surface area contributed by atoms with E-state index < -0.39 is 0 Å². The summed E-state index contributed by atoms with van der Waals surface area (Å²) >= 11 is 0. The van der Waals surface area contributed by atoms with Crippen LogP contribution < -0.4 is 0 Å². The Labute approximate surface area is 124 Å². The first-order valence-electron chi connectivity index (χ1n) is 7.22. The molecule has 1 fully saturated rings. The van der Waals surface area contributed by atoms with E-state index in [9.17, 15) is 9.59 Å². The summed E-state index contributed by atoms with van der Waals surface area (Å²) in [6, 6.07) is 18.5. The third-order valence-corrected chi connectivity index (χ3v) is 4.51. The Morgan fingerprint density at radius 1 is 0.714 bits per heavy atom. The maximum absolute atomic E-state index is 12.6. The van der Waals surface area contributed by atoms with E-state index in [4.69, 9.17) is 0 Å². The van der Waals surface area contributed by atoms with Crippen molar-refractivity contribution in [2.24, 2.45) is 17.3 Å². The quantitative estimate of drug-likeness (QED) is 0.791. The van der Waals surface area contributed by atoms with E-state index in [-0.39, 0.29) is 28.8 Å². The molecule has 106 valence electrons. The van der Waals surface area contributed by atoms with Crippen LogP contribution in [0, 0.1) is 17.3 Å². The van der Waals surface area contributed by atoms with Crippen molar-refractivity contribution in [3.8, 4) is 0 Å². The fraction of sp³-hybridized carbons (Fsp3) is 0.263. The van der Waals surface area contributed by atoms with Crippen LogP contribution in [0.5, 0.6) is 0 Å². The minimum Gasteiger partial charge on any atom is -0.294 e. The molecule has 0 heterocycles. The first-order valence-corrected chi connectivity index (χ1v) is 7.22. The van der Waals surface area contributed by atoms with E-state index in [1.807, 2.05) is 74.5 Å². The van der Waals surface area contributed by atoms with Gasteiger partial charge in [0.15, 0.2) is 11.6 Å². The molecular weight excluding hydrogens is 260 g/mol. The van der Waals surface area contributed by atoms with Gasteiger partial charge >= 0.3 is 0 Å². The van der Waals surface area contributed by atoms with E-state index in [1.165, 1.54) is 0 Å². The van der Waals surface area contributed by atoms with Gasteiger partial charge in [0.1, 0.15) is 0 Å². The second-order valence-electron chi connectivity index (χ2n) is 6.24. The predicted molar refractivity (Wildman–Crippen MR) is 82.3 cm³/mol. The highest BCUT2D eigenvalue weighted by molar-refractivity contribution is 6.09. The van der Waals surface area contributed by atoms with E-state index in [0.29, 0.717) is 11.1 Å². The van der Waals surface area contributed by atoms with Crippen LogP contribution in [0.2, 0.25) is 0 Å². The number of carbonyl (C=O) groups excluding carboxylic acids is 2. The number of hydrogen-bond donors (Lipinski definition) is 0. The van der Waals surface area contributed by atoms with E-state index >= 15 is 0 Å². The molecule has 0 unspecified atom stereocenters. The van der Waals surface area contributed by atoms with Crippen molar-refractivity contribution in [2.45, 2.75) is 13.8 Å². The lowest BCUT2D eigenvalue weighted by atomic mass is 10.0. The maximum Gasteiger partial charge on any atom is 0.167 e. The number of hydrogen-bond acceptors (Lipinski definition) is 2. The van der Waals surface area contributed by atoms with E-state index in [0.717, 1.165) is 0 Å². The van der Waals surface area contributed by atoms with Gasteiger partial charge in [-0.25, -0.2) is 0 Å². The molecule has 21 heavy (non-hydrogen) atoms. The number of benzene rings is 2. The highest BCUT2D eigenvalue weighted by Crippen LogP contribution is 2.60. The molecule has 2 nitrogen and oxygen atoms in total. The molecule has 1 aliphatic rings. The largest absolute Gasteiger partial charge is 0.294 e. The second-order valence-corrected chi connectivity index (χ2v) is 6.24. The second kappa shape index (κ2) is 4.96. The van der Waals surface area contributed by atoms with Crippen molar-refractivity contribution in [1.82, 2.24) is 0 Å². The monoisotopic (exact) mass is 278 g/mol. The van der Waals surface area contributed by atoms with Crippen molar-refractivity contribution in [3.63, 3.8) is 0 Å². The molecule has 0 radical (unpaired) electrons. The Hall–Kier alpha value is -2.22. The van der Waals surface area contributed by atoms with Gasteiger partial charge in [0.2, 0.25) is 0 Å². The zero-order chi connectivity index (χ0) is 15.0. The van der Waals surface area contributed by atoms with Crippen molar-refractivity contribution in [2.75, 3.05) is 0 Å². The topological polar surface area (TPSA) is 34.1 Å². The molecule has 0 bridgehead atoms. The molecule has 0 N–H and O–H groups in total. The first kappa shape index (κ1) is 13.7. The molecule has 0 amide bonds. The summed E-state index contributed by atoms with van der Waals surface area (Å²) in [6.45, 7) is 4.01. The molecule has 2 heteroatoms. The van der Waals surface area contributed by atoms with Gasteiger partial charge in [-0.05, 0) is 5.41 Å². The molecular formula is C19H18O2. The number of carbonyl (C=O) groups is 2. The number of rotatable bonds is 4. The molecule has 0 spiro atoms. The fourth-order valence-electron chi connectivity index (χ4n) is 3.18. The Morgan fingerprint density at radius 3 is 1.38 bits per heavy atom. The summed E-state index contributed by atoms with van der Waals surface area (Å²) in [5.41, 5.74) is 1.12. The zero-order valence-corrected chi connectivity index (χ0v) is 12.2. The van der Waals surface area contributed by atoms with Gasteiger partial charge in [-0.1, -0.05) is 74.5 Å². The molecule has 2 atom stereocenters. The summed E-state index contributed by atoms with van der Waals surface area (Å²) in [7, 11) is 0. The standard InChI is InChI=1S/C19H18O2/c1-19(2)15(17(20)13-9-5-3-6-10-13)16(19)18(21)14-11-7-4-8-12-14/h3-12,15-16H,1-2H3/t15-,16-/m0/s1. The van der Waals surface area contributed by atoms with Crippen molar-refractivity contribution in [1.29, 1.82) is 0 Å². The van der Waals surface area contributed by atoms with Gasteiger partial charge in [-0.3, -0.25) is 9.59 Å². The van der Waals surface area contributed by atoms with Gasteiger partial charge in [0.25, 0.3) is 0 Å². The van der Waals surface area contributed by atoms with E-state index in [1.54, 1.807) is 0 Å². The fourth-order valence-corrected chi connectivity index (χ4v) is 3.18. The van der Waals surface area contributed by atoms with Crippen LogP contribution in [-0.4, -0.2) is 11.6 Å². The molecule has 0 aliphatic heterocycles. The van der Waals surface area contributed by atoms with Crippen molar-refractivity contribution < 1.29 is 9.59 Å². The zero-order valence-electron chi connectivity index (χ0n) is 12.2. The lowest BCUT2D eigenvalue weighted by molar-refractivity contribution is 0.0906. The average Bonchev–Trinajstić information content (AvgIpc) is 3.10. The number of ketones is 2. The summed E-state index contributed by atoms with van der Waals surface area (Å²) in [4.78, 5) is 25.2. The van der Waals surface area contributed by atoms with Crippen LogP contribution in [0.25, 0.3) is 0 Å². The highest BCUT2D eigenvalue weighted by Gasteiger charge is 2.64. The molecule has 2 aromatic rings. The van der Waals surface area contributed by atoms with Crippen LogP contribution in [0.3, 0.4) is 0 Å².